The molecule has 9 nitrogen and oxygen atoms in total. The molecule has 0 atom stereocenters. The minimum absolute atomic E-state index is 0.0362. The van der Waals surface area contributed by atoms with Gasteiger partial charge in [-0.2, -0.15) is 0 Å². The SMILES string of the molecule is O=[N+]([O-])c1cc(Cl)ccc1C([N+](=O)[O-])[N+](=O)[O-]. The van der Waals surface area contributed by atoms with Crippen LogP contribution in [-0.4, -0.2) is 14.8 Å². The standard InChI is InChI=1S/C7H4ClN3O6/c8-4-1-2-5(6(3-4)9(12)13)7(10(14)15)11(16)17/h1-3,7H. The van der Waals surface area contributed by atoms with Gasteiger partial charge in [0.2, 0.25) is 0 Å². The van der Waals surface area contributed by atoms with Gasteiger partial charge in [0, 0.05) is 11.1 Å². The summed E-state index contributed by atoms with van der Waals surface area (Å²) in [5.41, 5.74) is -1.37. The Morgan fingerprint density at radius 1 is 1.06 bits per heavy atom. The molecule has 0 aromatic heterocycles. The first kappa shape index (κ1) is 12.8. The Morgan fingerprint density at radius 3 is 2.00 bits per heavy atom. The van der Waals surface area contributed by atoms with Gasteiger partial charge < -0.3 is 0 Å². The van der Waals surface area contributed by atoms with E-state index in [1.165, 1.54) is 0 Å². The molecule has 0 spiro atoms. The van der Waals surface area contributed by atoms with Crippen molar-refractivity contribution in [3.8, 4) is 0 Å². The molecule has 1 aromatic carbocycles. The smallest absolute Gasteiger partial charge is 0.258 e. The van der Waals surface area contributed by atoms with Gasteiger partial charge in [-0.15, -0.1) is 0 Å². The molecule has 0 bridgehead atoms. The molecule has 0 aliphatic carbocycles. The first-order valence-electron chi connectivity index (χ1n) is 4.05. The highest BCUT2D eigenvalue weighted by Crippen LogP contribution is 2.30. The van der Waals surface area contributed by atoms with Crippen LogP contribution in [0.25, 0.3) is 0 Å². The lowest BCUT2D eigenvalue weighted by Crippen LogP contribution is -2.20. The fourth-order valence-electron chi connectivity index (χ4n) is 1.20. The number of halogens is 1. The molecule has 0 aliphatic rings. The molecule has 0 aliphatic heterocycles. The van der Waals surface area contributed by atoms with E-state index < -0.39 is 32.2 Å². The van der Waals surface area contributed by atoms with E-state index in [0.29, 0.717) is 0 Å². The lowest BCUT2D eigenvalue weighted by atomic mass is 10.1. The van der Waals surface area contributed by atoms with E-state index in [4.69, 9.17) is 11.6 Å². The average molecular weight is 262 g/mol. The Hall–Kier alpha value is -2.29. The summed E-state index contributed by atoms with van der Waals surface area (Å²) in [6, 6.07) is 2.84. The Morgan fingerprint density at radius 2 is 1.59 bits per heavy atom. The molecule has 0 N–H and O–H groups in total. The van der Waals surface area contributed by atoms with Crippen LogP contribution < -0.4 is 0 Å². The van der Waals surface area contributed by atoms with Crippen LogP contribution in [0, 0.1) is 30.3 Å². The third-order valence-corrected chi connectivity index (χ3v) is 2.10. The molecule has 1 aromatic rings. The van der Waals surface area contributed by atoms with Crippen LogP contribution in [0.1, 0.15) is 11.7 Å². The van der Waals surface area contributed by atoms with Gasteiger partial charge in [0.15, 0.2) is 5.56 Å². The van der Waals surface area contributed by atoms with E-state index in [2.05, 4.69) is 0 Å². The molecule has 0 fully saturated rings. The van der Waals surface area contributed by atoms with Crippen LogP contribution in [0.5, 0.6) is 0 Å². The van der Waals surface area contributed by atoms with Crippen LogP contribution in [0.3, 0.4) is 0 Å². The molecule has 0 amide bonds. The van der Waals surface area contributed by atoms with Crippen molar-refractivity contribution >= 4 is 17.3 Å². The van der Waals surface area contributed by atoms with Crippen LogP contribution in [-0.2, 0) is 0 Å². The van der Waals surface area contributed by atoms with Gasteiger partial charge in [-0.1, -0.05) is 11.6 Å². The number of nitro groups is 3. The van der Waals surface area contributed by atoms with E-state index in [-0.39, 0.29) is 5.02 Å². The van der Waals surface area contributed by atoms with Crippen LogP contribution in [0.2, 0.25) is 5.02 Å². The number of benzene rings is 1. The summed E-state index contributed by atoms with van der Waals surface area (Å²) in [7, 11) is 0. The highest BCUT2D eigenvalue weighted by molar-refractivity contribution is 6.30. The summed E-state index contributed by atoms with van der Waals surface area (Å²) in [5, 5.41) is 31.6. The third-order valence-electron chi connectivity index (χ3n) is 1.87. The predicted molar refractivity (Wildman–Crippen MR) is 54.8 cm³/mol. The largest absolute Gasteiger partial charge is 0.483 e. The van der Waals surface area contributed by atoms with Crippen LogP contribution in [0.15, 0.2) is 18.2 Å². The highest BCUT2D eigenvalue weighted by Gasteiger charge is 2.40. The maximum absolute atomic E-state index is 10.6. The Bertz CT molecular complexity index is 490. The summed E-state index contributed by atoms with van der Waals surface area (Å²) in [5.74, 6) is 0. The zero-order valence-electron chi connectivity index (χ0n) is 7.98. The first-order chi connectivity index (χ1) is 7.84. The van der Waals surface area contributed by atoms with Gasteiger partial charge >= 0.3 is 6.17 Å². The monoisotopic (exact) mass is 261 g/mol. The van der Waals surface area contributed by atoms with Gasteiger partial charge in [0.25, 0.3) is 5.69 Å². The molecular formula is C7H4ClN3O6. The van der Waals surface area contributed by atoms with E-state index in [0.717, 1.165) is 18.2 Å². The summed E-state index contributed by atoms with van der Waals surface area (Å²) >= 11 is 5.48. The number of hydrogen-bond donors (Lipinski definition) is 0. The van der Waals surface area contributed by atoms with Crippen molar-refractivity contribution in [2.45, 2.75) is 6.17 Å². The van der Waals surface area contributed by atoms with Gasteiger partial charge in [0.05, 0.1) is 4.92 Å². The van der Waals surface area contributed by atoms with Gasteiger partial charge in [-0.25, -0.2) is 0 Å². The van der Waals surface area contributed by atoms with Crippen molar-refractivity contribution in [1.29, 1.82) is 0 Å². The molecule has 17 heavy (non-hydrogen) atoms. The second kappa shape index (κ2) is 4.70. The van der Waals surface area contributed by atoms with Crippen molar-refractivity contribution in [3.63, 3.8) is 0 Å². The number of nitrogens with zero attached hydrogens (tertiary/aromatic N) is 3. The minimum atomic E-state index is -2.38. The van der Waals surface area contributed by atoms with E-state index in [9.17, 15) is 30.3 Å². The van der Waals surface area contributed by atoms with E-state index in [1.54, 1.807) is 0 Å². The first-order valence-corrected chi connectivity index (χ1v) is 4.43. The predicted octanol–water partition coefficient (Wildman–Crippen LogP) is 1.80. The summed E-state index contributed by atoms with van der Waals surface area (Å²) in [4.78, 5) is 28.3. The molecule has 90 valence electrons. The van der Waals surface area contributed by atoms with Gasteiger partial charge in [-0.05, 0) is 12.1 Å². The summed E-state index contributed by atoms with van der Waals surface area (Å²) in [6.07, 6.45) is -2.38. The van der Waals surface area contributed by atoms with Crippen molar-refractivity contribution in [3.05, 3.63) is 59.1 Å². The maximum atomic E-state index is 10.6. The van der Waals surface area contributed by atoms with Crippen LogP contribution in [0.4, 0.5) is 5.69 Å². The Labute approximate surface area is 98.1 Å². The average Bonchev–Trinajstić information content (AvgIpc) is 2.19. The number of rotatable bonds is 4. The van der Waals surface area contributed by atoms with E-state index >= 15 is 0 Å². The van der Waals surface area contributed by atoms with E-state index in [1.807, 2.05) is 0 Å². The lowest BCUT2D eigenvalue weighted by Gasteiger charge is -2.03. The zero-order valence-corrected chi connectivity index (χ0v) is 8.73. The minimum Gasteiger partial charge on any atom is -0.258 e. The normalized spacial score (nSPS) is 10.2. The molecule has 10 heteroatoms. The topological polar surface area (TPSA) is 129 Å². The van der Waals surface area contributed by atoms with Crippen LogP contribution >= 0.6 is 11.6 Å². The maximum Gasteiger partial charge on any atom is 0.483 e. The number of hydrogen-bond acceptors (Lipinski definition) is 6. The summed E-state index contributed by atoms with van der Waals surface area (Å²) < 4.78 is 0. The fraction of sp³-hybridized carbons (Fsp3) is 0.143. The Balaban J connectivity index is 3.43. The summed E-state index contributed by atoms with van der Waals surface area (Å²) in [6.45, 7) is 0. The van der Waals surface area contributed by atoms with Gasteiger partial charge in [-0.3, -0.25) is 30.3 Å². The molecule has 1 rings (SSSR count). The number of nitro benzene ring substituents is 1. The highest BCUT2D eigenvalue weighted by atomic mass is 35.5. The van der Waals surface area contributed by atoms with Gasteiger partial charge in [0.1, 0.15) is 9.85 Å². The molecule has 0 heterocycles. The third kappa shape index (κ3) is 2.64. The molecule has 0 radical (unpaired) electrons. The fourth-order valence-corrected chi connectivity index (χ4v) is 1.36. The van der Waals surface area contributed by atoms with Crippen molar-refractivity contribution < 1.29 is 14.8 Å². The van der Waals surface area contributed by atoms with Crippen molar-refractivity contribution in [2.75, 3.05) is 0 Å². The molecular weight excluding hydrogens is 258 g/mol. The molecule has 0 saturated heterocycles. The quantitative estimate of drug-likeness (QED) is 0.461. The Kier molecular flexibility index (Phi) is 3.53. The zero-order chi connectivity index (χ0) is 13.2. The molecule has 0 saturated carbocycles. The van der Waals surface area contributed by atoms with Crippen molar-refractivity contribution in [1.82, 2.24) is 0 Å². The second-order valence-electron chi connectivity index (χ2n) is 2.90. The lowest BCUT2D eigenvalue weighted by molar-refractivity contribution is -0.753. The molecule has 0 unspecified atom stereocenters. The van der Waals surface area contributed by atoms with Crippen molar-refractivity contribution in [2.24, 2.45) is 0 Å². The second-order valence-corrected chi connectivity index (χ2v) is 3.34.